The molecule has 0 aliphatic carbocycles. The van der Waals surface area contributed by atoms with E-state index in [0.717, 1.165) is 38.3 Å². The molecule has 1 N–H and O–H groups in total. The van der Waals surface area contributed by atoms with E-state index in [1.807, 2.05) is 62.5 Å². The number of nitrogens with one attached hydrogen (secondary N) is 1. The van der Waals surface area contributed by atoms with Gasteiger partial charge in [-0.1, -0.05) is 28.1 Å². The quantitative estimate of drug-likeness (QED) is 0.679. The van der Waals surface area contributed by atoms with Crippen molar-refractivity contribution in [1.29, 1.82) is 0 Å². The van der Waals surface area contributed by atoms with Crippen molar-refractivity contribution >= 4 is 27.5 Å². The predicted octanol–water partition coefficient (Wildman–Crippen LogP) is 4.23. The number of hydrogen-bond donors (Lipinski definition) is 1. The number of rotatable bonds is 5. The van der Waals surface area contributed by atoms with Gasteiger partial charge >= 0.3 is 0 Å². The smallest absolute Gasteiger partial charge is 0.220 e. The Balaban J connectivity index is 1.69. The molecule has 3 rings (SSSR count). The van der Waals surface area contributed by atoms with Gasteiger partial charge in [0.05, 0.1) is 11.7 Å². The molecular formula is C20H23BrN4O. The Morgan fingerprint density at radius 3 is 2.77 bits per heavy atom. The molecule has 0 saturated heterocycles. The molecule has 2 aromatic heterocycles. The molecule has 1 amide bonds. The minimum Gasteiger partial charge on any atom is -0.350 e. The fraction of sp³-hybridized carbons (Fsp3) is 0.350. The molecule has 0 aliphatic rings. The van der Waals surface area contributed by atoms with E-state index in [1.54, 1.807) is 0 Å². The predicted molar refractivity (Wildman–Crippen MR) is 106 cm³/mol. The Labute approximate surface area is 162 Å². The van der Waals surface area contributed by atoms with Crippen LogP contribution in [0.25, 0.3) is 5.65 Å². The Kier molecular flexibility index (Phi) is 5.41. The first kappa shape index (κ1) is 18.6. The second-order valence-corrected chi connectivity index (χ2v) is 7.58. The van der Waals surface area contributed by atoms with Gasteiger partial charge in [-0.05, 0) is 57.4 Å². The number of benzene rings is 1. The van der Waals surface area contributed by atoms with Crippen molar-refractivity contribution in [1.82, 2.24) is 19.9 Å². The second kappa shape index (κ2) is 7.58. The number of amides is 1. The van der Waals surface area contributed by atoms with Crippen molar-refractivity contribution in [3.05, 3.63) is 63.0 Å². The molecule has 0 saturated carbocycles. The molecule has 136 valence electrons. The summed E-state index contributed by atoms with van der Waals surface area (Å²) in [6.45, 7) is 7.98. The van der Waals surface area contributed by atoms with Crippen LogP contribution in [0.1, 0.15) is 47.6 Å². The highest BCUT2D eigenvalue weighted by molar-refractivity contribution is 9.10. The highest BCUT2D eigenvalue weighted by Crippen LogP contribution is 2.19. The minimum absolute atomic E-state index is 0.0310. The van der Waals surface area contributed by atoms with Crippen molar-refractivity contribution in [3.63, 3.8) is 0 Å². The molecule has 0 aliphatic heterocycles. The first-order valence-corrected chi connectivity index (χ1v) is 9.51. The number of hydrogen-bond acceptors (Lipinski definition) is 3. The maximum absolute atomic E-state index is 12.4. The summed E-state index contributed by atoms with van der Waals surface area (Å²) >= 11 is 3.47. The monoisotopic (exact) mass is 414 g/mol. The van der Waals surface area contributed by atoms with Gasteiger partial charge in [-0.2, -0.15) is 5.10 Å². The molecule has 0 spiro atoms. The molecule has 5 nitrogen and oxygen atoms in total. The van der Waals surface area contributed by atoms with E-state index in [9.17, 15) is 4.79 Å². The normalized spacial score (nSPS) is 12.3. The molecule has 0 fully saturated rings. The molecular weight excluding hydrogens is 392 g/mol. The Hall–Kier alpha value is -2.21. The molecule has 0 radical (unpaired) electrons. The zero-order valence-electron chi connectivity index (χ0n) is 15.5. The van der Waals surface area contributed by atoms with Crippen LogP contribution in [0.4, 0.5) is 0 Å². The van der Waals surface area contributed by atoms with E-state index in [4.69, 9.17) is 0 Å². The zero-order valence-corrected chi connectivity index (χ0v) is 17.1. The van der Waals surface area contributed by atoms with Crippen LogP contribution >= 0.6 is 15.9 Å². The average Bonchev–Trinajstić information content (AvgIpc) is 2.95. The number of aromatic nitrogens is 3. The molecule has 2 heterocycles. The fourth-order valence-electron chi connectivity index (χ4n) is 3.21. The van der Waals surface area contributed by atoms with E-state index >= 15 is 0 Å². The highest BCUT2D eigenvalue weighted by Gasteiger charge is 2.14. The van der Waals surface area contributed by atoms with Gasteiger partial charge in [0.15, 0.2) is 5.65 Å². The largest absolute Gasteiger partial charge is 0.350 e. The topological polar surface area (TPSA) is 59.3 Å². The van der Waals surface area contributed by atoms with Gasteiger partial charge in [-0.3, -0.25) is 4.79 Å². The van der Waals surface area contributed by atoms with Crippen LogP contribution < -0.4 is 5.32 Å². The third kappa shape index (κ3) is 3.96. The average molecular weight is 415 g/mol. The summed E-state index contributed by atoms with van der Waals surface area (Å²) in [5.41, 5.74) is 5.98. The van der Waals surface area contributed by atoms with Crippen LogP contribution in [-0.2, 0) is 11.2 Å². The molecule has 26 heavy (non-hydrogen) atoms. The summed E-state index contributed by atoms with van der Waals surface area (Å²) in [4.78, 5) is 17.0. The summed E-state index contributed by atoms with van der Waals surface area (Å²) in [7, 11) is 0. The Bertz CT molecular complexity index is 964. The van der Waals surface area contributed by atoms with E-state index in [1.165, 1.54) is 0 Å². The van der Waals surface area contributed by atoms with Crippen molar-refractivity contribution in [2.24, 2.45) is 0 Å². The van der Waals surface area contributed by atoms with Crippen LogP contribution in [0, 0.1) is 20.8 Å². The van der Waals surface area contributed by atoms with Crippen molar-refractivity contribution in [3.8, 4) is 0 Å². The molecule has 1 atom stereocenters. The Morgan fingerprint density at radius 2 is 2.04 bits per heavy atom. The number of halogens is 1. The fourth-order valence-corrected chi connectivity index (χ4v) is 3.63. The molecule has 3 aromatic rings. The van der Waals surface area contributed by atoms with Crippen molar-refractivity contribution < 1.29 is 4.79 Å². The summed E-state index contributed by atoms with van der Waals surface area (Å²) in [5, 5.41) is 7.56. The summed E-state index contributed by atoms with van der Waals surface area (Å²) in [6.07, 6.45) is 1.07. The lowest BCUT2D eigenvalue weighted by Crippen LogP contribution is -2.27. The number of carbonyl (C=O) groups is 1. The number of aryl methyl sites for hydroxylation is 3. The van der Waals surface area contributed by atoms with Gasteiger partial charge in [0.25, 0.3) is 0 Å². The Morgan fingerprint density at radius 1 is 1.27 bits per heavy atom. The molecule has 1 aromatic carbocycles. The van der Waals surface area contributed by atoms with Gasteiger partial charge in [0, 0.05) is 28.3 Å². The maximum Gasteiger partial charge on any atom is 0.220 e. The van der Waals surface area contributed by atoms with Crippen LogP contribution in [0.5, 0.6) is 0 Å². The zero-order chi connectivity index (χ0) is 18.8. The van der Waals surface area contributed by atoms with Crippen LogP contribution in [-0.4, -0.2) is 20.5 Å². The third-order valence-electron chi connectivity index (χ3n) is 4.61. The van der Waals surface area contributed by atoms with Crippen molar-refractivity contribution in [2.75, 3.05) is 0 Å². The number of nitrogens with zero attached hydrogens (tertiary/aromatic N) is 3. The van der Waals surface area contributed by atoms with Gasteiger partial charge in [0.2, 0.25) is 5.91 Å². The van der Waals surface area contributed by atoms with E-state index < -0.39 is 0 Å². The minimum atomic E-state index is -0.0310. The van der Waals surface area contributed by atoms with Crippen LogP contribution in [0.2, 0.25) is 0 Å². The van der Waals surface area contributed by atoms with Gasteiger partial charge in [-0.25, -0.2) is 9.50 Å². The lowest BCUT2D eigenvalue weighted by atomic mass is 10.1. The summed E-state index contributed by atoms with van der Waals surface area (Å²) in [5.74, 6) is 0.0352. The standard InChI is InChI=1S/C20H23BrN4O/c1-12-10-19-22-14(3)18(15(4)25(19)24-12)8-9-20(26)23-13(2)16-6-5-7-17(21)11-16/h5-7,10-11,13H,8-9H2,1-4H3,(H,23,26)/t13-/m1/s1. The van der Waals surface area contributed by atoms with Crippen molar-refractivity contribution in [2.45, 2.75) is 46.6 Å². The first-order chi connectivity index (χ1) is 12.3. The molecule has 0 bridgehead atoms. The van der Waals surface area contributed by atoms with Crippen LogP contribution in [0.3, 0.4) is 0 Å². The van der Waals surface area contributed by atoms with E-state index in [2.05, 4.69) is 31.3 Å². The van der Waals surface area contributed by atoms with E-state index in [-0.39, 0.29) is 11.9 Å². The first-order valence-electron chi connectivity index (χ1n) is 8.72. The summed E-state index contributed by atoms with van der Waals surface area (Å²) < 4.78 is 2.87. The van der Waals surface area contributed by atoms with Crippen LogP contribution in [0.15, 0.2) is 34.8 Å². The molecule has 0 unspecified atom stereocenters. The number of carbonyl (C=O) groups excluding carboxylic acids is 1. The summed E-state index contributed by atoms with van der Waals surface area (Å²) in [6, 6.07) is 9.93. The van der Waals surface area contributed by atoms with Gasteiger partial charge in [-0.15, -0.1) is 0 Å². The molecule has 6 heteroatoms. The van der Waals surface area contributed by atoms with Gasteiger partial charge < -0.3 is 5.32 Å². The highest BCUT2D eigenvalue weighted by atomic mass is 79.9. The SMILES string of the molecule is Cc1cc2nc(C)c(CCC(=O)N[C@H](C)c3cccc(Br)c3)c(C)n2n1. The lowest BCUT2D eigenvalue weighted by molar-refractivity contribution is -0.121. The van der Waals surface area contributed by atoms with E-state index in [0.29, 0.717) is 12.8 Å². The maximum atomic E-state index is 12.4. The lowest BCUT2D eigenvalue weighted by Gasteiger charge is -2.15. The third-order valence-corrected chi connectivity index (χ3v) is 5.11. The van der Waals surface area contributed by atoms with Gasteiger partial charge in [0.1, 0.15) is 0 Å². The number of fused-ring (bicyclic) bond motifs is 1. The second-order valence-electron chi connectivity index (χ2n) is 6.66.